The highest BCUT2D eigenvalue weighted by atomic mass is 35.5. The second kappa shape index (κ2) is 9.63. The lowest BCUT2D eigenvalue weighted by molar-refractivity contribution is 0.355. The van der Waals surface area contributed by atoms with Crippen molar-refractivity contribution >= 4 is 23.4 Å². The van der Waals surface area contributed by atoms with E-state index in [4.69, 9.17) is 21.1 Å². The van der Waals surface area contributed by atoms with Crippen molar-refractivity contribution in [3.8, 4) is 28.4 Å². The van der Waals surface area contributed by atoms with Gasteiger partial charge < -0.3 is 9.47 Å². The number of nitrogens with zero attached hydrogens (tertiary/aromatic N) is 2. The Labute approximate surface area is 193 Å². The van der Waals surface area contributed by atoms with Gasteiger partial charge in [0.2, 0.25) is 0 Å². The van der Waals surface area contributed by atoms with Gasteiger partial charge >= 0.3 is 0 Å². The van der Waals surface area contributed by atoms with Gasteiger partial charge in [0.25, 0.3) is 0 Å². The van der Waals surface area contributed by atoms with Crippen molar-refractivity contribution in [1.82, 2.24) is 9.55 Å². The lowest BCUT2D eigenvalue weighted by atomic mass is 10.1. The number of imidazole rings is 1. The highest BCUT2D eigenvalue weighted by Crippen LogP contribution is 2.36. The molecule has 164 valence electrons. The van der Waals surface area contributed by atoms with Gasteiger partial charge in [-0.25, -0.2) is 13.8 Å². The Morgan fingerprint density at radius 1 is 0.906 bits per heavy atom. The molecule has 0 aliphatic heterocycles. The number of thioether (sulfide) groups is 1. The van der Waals surface area contributed by atoms with Crippen LogP contribution in [0.15, 0.2) is 72.0 Å². The van der Waals surface area contributed by atoms with Gasteiger partial charge in [0.15, 0.2) is 16.7 Å². The number of hydrogen-bond donors (Lipinski definition) is 0. The molecule has 0 aliphatic carbocycles. The zero-order valence-electron chi connectivity index (χ0n) is 17.3. The van der Waals surface area contributed by atoms with Crippen molar-refractivity contribution in [3.63, 3.8) is 0 Å². The number of ether oxygens (including phenoxy) is 2. The van der Waals surface area contributed by atoms with Gasteiger partial charge in [-0.3, -0.25) is 4.57 Å². The van der Waals surface area contributed by atoms with Crippen LogP contribution in [0.3, 0.4) is 0 Å². The van der Waals surface area contributed by atoms with Crippen LogP contribution < -0.4 is 9.47 Å². The smallest absolute Gasteiger partial charge is 0.173 e. The van der Waals surface area contributed by atoms with E-state index < -0.39 is 0 Å². The minimum atomic E-state index is -0.382. The number of hydrogen-bond acceptors (Lipinski definition) is 4. The number of aromatic nitrogens is 2. The summed E-state index contributed by atoms with van der Waals surface area (Å²) in [7, 11) is 3.16. The van der Waals surface area contributed by atoms with Gasteiger partial charge in [0.05, 0.1) is 26.1 Å². The molecule has 0 fully saturated rings. The molecule has 0 unspecified atom stereocenters. The van der Waals surface area contributed by atoms with Crippen molar-refractivity contribution in [2.75, 3.05) is 14.2 Å². The predicted octanol–water partition coefficient (Wildman–Crippen LogP) is 6.78. The summed E-state index contributed by atoms with van der Waals surface area (Å²) in [6.45, 7) is 0. The Bertz CT molecular complexity index is 1250. The van der Waals surface area contributed by atoms with E-state index in [9.17, 15) is 8.78 Å². The molecule has 0 N–H and O–H groups in total. The van der Waals surface area contributed by atoms with Crippen molar-refractivity contribution in [3.05, 3.63) is 89.1 Å². The van der Waals surface area contributed by atoms with Crippen molar-refractivity contribution in [1.29, 1.82) is 0 Å². The van der Waals surface area contributed by atoms with E-state index in [1.807, 2.05) is 22.8 Å². The summed E-state index contributed by atoms with van der Waals surface area (Å²) in [5, 5.41) is 1.04. The van der Waals surface area contributed by atoms with Gasteiger partial charge in [-0.2, -0.15) is 0 Å². The summed E-state index contributed by atoms with van der Waals surface area (Å²) in [4.78, 5) is 4.59. The second-order valence-corrected chi connectivity index (χ2v) is 8.18. The van der Waals surface area contributed by atoms with Crippen LogP contribution in [0.2, 0.25) is 5.02 Å². The fourth-order valence-corrected chi connectivity index (χ4v) is 4.57. The molecule has 0 saturated carbocycles. The Morgan fingerprint density at radius 2 is 1.62 bits per heavy atom. The number of rotatable bonds is 7. The van der Waals surface area contributed by atoms with Crippen LogP contribution >= 0.6 is 23.4 Å². The van der Waals surface area contributed by atoms with Gasteiger partial charge in [-0.1, -0.05) is 29.4 Å². The first-order chi connectivity index (χ1) is 15.5. The van der Waals surface area contributed by atoms with E-state index in [1.54, 1.807) is 38.6 Å². The molecule has 4 aromatic rings. The second-order valence-electron chi connectivity index (χ2n) is 6.83. The maximum Gasteiger partial charge on any atom is 0.173 e. The molecule has 3 aromatic carbocycles. The molecule has 1 aromatic heterocycles. The summed E-state index contributed by atoms with van der Waals surface area (Å²) in [6.07, 6.45) is 1.75. The normalized spacial score (nSPS) is 10.9. The molecule has 0 bridgehead atoms. The zero-order chi connectivity index (χ0) is 22.7. The summed E-state index contributed by atoms with van der Waals surface area (Å²) in [6, 6.07) is 16.1. The van der Waals surface area contributed by atoms with Gasteiger partial charge in [0.1, 0.15) is 11.6 Å². The fraction of sp³-hybridized carbons (Fsp3) is 0.125. The average Bonchev–Trinajstić information content (AvgIpc) is 3.22. The third-order valence-electron chi connectivity index (χ3n) is 4.87. The predicted molar refractivity (Wildman–Crippen MR) is 123 cm³/mol. The topological polar surface area (TPSA) is 36.3 Å². The van der Waals surface area contributed by atoms with Crippen LogP contribution in [0.25, 0.3) is 16.9 Å². The molecule has 1 heterocycles. The van der Waals surface area contributed by atoms with E-state index in [2.05, 4.69) is 4.98 Å². The molecule has 0 radical (unpaired) electrons. The average molecular weight is 473 g/mol. The van der Waals surface area contributed by atoms with Gasteiger partial charge in [0, 0.05) is 22.0 Å². The van der Waals surface area contributed by atoms with Crippen LogP contribution in [0, 0.1) is 11.6 Å². The highest BCUT2D eigenvalue weighted by Gasteiger charge is 2.17. The van der Waals surface area contributed by atoms with E-state index >= 15 is 0 Å². The van der Waals surface area contributed by atoms with Crippen molar-refractivity contribution in [2.24, 2.45) is 0 Å². The molecule has 4 nitrogen and oxygen atoms in total. The quantitative estimate of drug-likeness (QED) is 0.278. The van der Waals surface area contributed by atoms with Crippen LogP contribution in [0.1, 0.15) is 5.56 Å². The largest absolute Gasteiger partial charge is 0.493 e. The number of methoxy groups -OCH3 is 2. The minimum Gasteiger partial charge on any atom is -0.493 e. The van der Waals surface area contributed by atoms with E-state index in [-0.39, 0.29) is 11.6 Å². The van der Waals surface area contributed by atoms with Crippen LogP contribution in [0.4, 0.5) is 8.78 Å². The molecule has 0 saturated heterocycles. The Kier molecular flexibility index (Phi) is 6.67. The molecule has 4 rings (SSSR count). The van der Waals surface area contributed by atoms with E-state index in [0.29, 0.717) is 27.4 Å². The van der Waals surface area contributed by atoms with E-state index in [1.165, 1.54) is 36.0 Å². The Balaban J connectivity index is 1.76. The molecule has 0 amide bonds. The maximum atomic E-state index is 13.6. The SMILES string of the molecule is COc1ccc(-c2cnc(SCc3ccc(F)cc3Cl)n2-c2ccc(F)cc2)cc1OC. The first-order valence-corrected chi connectivity index (χ1v) is 11.0. The van der Waals surface area contributed by atoms with Crippen LogP contribution in [-0.4, -0.2) is 23.8 Å². The highest BCUT2D eigenvalue weighted by molar-refractivity contribution is 7.98. The summed E-state index contributed by atoms with van der Waals surface area (Å²) < 4.78 is 39.7. The third kappa shape index (κ3) is 4.59. The maximum absolute atomic E-state index is 13.6. The molecule has 0 aliphatic rings. The lowest BCUT2D eigenvalue weighted by Crippen LogP contribution is -2.00. The number of halogens is 3. The van der Waals surface area contributed by atoms with Crippen LogP contribution in [0.5, 0.6) is 11.5 Å². The summed E-state index contributed by atoms with van der Waals surface area (Å²) in [5.74, 6) is 0.984. The zero-order valence-corrected chi connectivity index (χ0v) is 18.9. The first-order valence-electron chi connectivity index (χ1n) is 9.63. The summed E-state index contributed by atoms with van der Waals surface area (Å²) >= 11 is 7.63. The van der Waals surface area contributed by atoms with Gasteiger partial charge in [-0.05, 0) is 60.2 Å². The first kappa shape index (κ1) is 22.2. The summed E-state index contributed by atoms with van der Waals surface area (Å²) in [5.41, 5.74) is 3.19. The van der Waals surface area contributed by atoms with Crippen molar-refractivity contribution < 1.29 is 18.3 Å². The molecular weight excluding hydrogens is 454 g/mol. The number of benzene rings is 3. The third-order valence-corrected chi connectivity index (χ3v) is 6.22. The van der Waals surface area contributed by atoms with Crippen molar-refractivity contribution in [2.45, 2.75) is 10.9 Å². The Morgan fingerprint density at radius 3 is 2.31 bits per heavy atom. The Hall–Kier alpha value is -3.03. The minimum absolute atomic E-state index is 0.325. The van der Waals surface area contributed by atoms with Gasteiger partial charge in [-0.15, -0.1) is 0 Å². The standard InChI is InChI=1S/C24H19ClF2N2O2S/c1-30-22-10-4-15(11-23(22)31-2)21-13-28-24(29(21)19-8-6-17(26)7-9-19)32-14-16-3-5-18(27)12-20(16)25/h3-13H,14H2,1-2H3. The molecule has 32 heavy (non-hydrogen) atoms. The van der Waals surface area contributed by atoms with Crippen LogP contribution in [-0.2, 0) is 5.75 Å². The lowest BCUT2D eigenvalue weighted by Gasteiger charge is -2.14. The molecule has 0 atom stereocenters. The molecule has 8 heteroatoms. The molecule has 0 spiro atoms. The molecular formula is C24H19ClF2N2O2S. The van der Waals surface area contributed by atoms with E-state index in [0.717, 1.165) is 22.5 Å². The monoisotopic (exact) mass is 472 g/mol. The fourth-order valence-electron chi connectivity index (χ4n) is 3.26.